The van der Waals surface area contributed by atoms with Gasteiger partial charge in [0, 0.05) is 41.9 Å². The van der Waals surface area contributed by atoms with Crippen molar-refractivity contribution in [3.63, 3.8) is 0 Å². The summed E-state index contributed by atoms with van der Waals surface area (Å²) in [6, 6.07) is 11.6. The molecule has 0 aliphatic carbocycles. The number of hydrogen-bond acceptors (Lipinski definition) is 13. The van der Waals surface area contributed by atoms with Gasteiger partial charge in [-0.05, 0) is 56.2 Å². The number of carbonyl (C=O) groups is 3. The summed E-state index contributed by atoms with van der Waals surface area (Å²) in [5.41, 5.74) is 23.9. The number of aldehydes is 1. The number of amides is 2. The second-order valence-corrected chi connectivity index (χ2v) is 10.5. The van der Waals surface area contributed by atoms with E-state index in [2.05, 4.69) is 41.2 Å². The maximum Gasteiger partial charge on any atom is 0.252 e. The fourth-order valence-electron chi connectivity index (χ4n) is 4.96. The van der Waals surface area contributed by atoms with Crippen LogP contribution in [0, 0.1) is 6.92 Å². The first kappa shape index (κ1) is 38.2. The lowest BCUT2D eigenvalue weighted by Gasteiger charge is -2.14. The highest BCUT2D eigenvalue weighted by molar-refractivity contribution is 6.08. The van der Waals surface area contributed by atoms with Gasteiger partial charge in [-0.3, -0.25) is 9.59 Å². The van der Waals surface area contributed by atoms with Crippen LogP contribution in [-0.4, -0.2) is 73.2 Å². The normalized spacial score (nSPS) is 11.4. The van der Waals surface area contributed by atoms with E-state index in [1.54, 1.807) is 36.5 Å². The molecular formula is C33H43N13O4. The third-order valence-electron chi connectivity index (χ3n) is 7.21. The molecule has 5 aromatic rings. The van der Waals surface area contributed by atoms with Crippen molar-refractivity contribution in [2.45, 2.75) is 46.2 Å². The maximum atomic E-state index is 13.0. The number of aliphatic hydroxyl groups is 1. The first-order chi connectivity index (χ1) is 24.2. The van der Waals surface area contributed by atoms with Crippen LogP contribution in [-0.2, 0) is 11.3 Å². The molecule has 1 atom stereocenters. The Morgan fingerprint density at radius 3 is 2.50 bits per heavy atom. The largest absolute Gasteiger partial charge is 0.400 e. The summed E-state index contributed by atoms with van der Waals surface area (Å²) in [6.07, 6.45) is 4.91. The van der Waals surface area contributed by atoms with Crippen molar-refractivity contribution in [1.29, 1.82) is 0 Å². The van der Waals surface area contributed by atoms with E-state index in [4.69, 9.17) is 28.2 Å². The first-order valence-electron chi connectivity index (χ1n) is 15.7. The van der Waals surface area contributed by atoms with Crippen LogP contribution < -0.4 is 39.2 Å². The van der Waals surface area contributed by atoms with E-state index in [0.29, 0.717) is 59.2 Å². The Balaban J connectivity index is 0.00000163. The van der Waals surface area contributed by atoms with Crippen LogP contribution >= 0.6 is 0 Å². The molecule has 0 aliphatic heterocycles. The smallest absolute Gasteiger partial charge is 0.252 e. The number of amidine groups is 1. The number of hydrazone groups is 1. The minimum Gasteiger partial charge on any atom is -0.400 e. The van der Waals surface area contributed by atoms with Gasteiger partial charge in [-0.15, -0.1) is 5.10 Å². The van der Waals surface area contributed by atoms with Gasteiger partial charge in [0.2, 0.25) is 5.95 Å². The van der Waals surface area contributed by atoms with Crippen molar-refractivity contribution in [1.82, 2.24) is 40.7 Å². The number of hydrazine groups is 1. The standard InChI is InChI=1S/C30H33N13O3.C2H6.CH4O/c1-16-4-6-21(22(11-16)25(31)41-42-34)29(46)35-9-2-3-19(15-44)38-28(45)18-5-7-23-17(12-18)8-10-43(23)14-20-13-36-27-24(37-20)26(32)39-30(33)40-27;2*1-2/h4-8,10-13,15,19,42H,2-3,9,14,34H2,1H3,(H2,31,41)(H,35,46)(H,38,45)(H4,32,33,36,39,40);1-2H3;2H,1H3. The summed E-state index contributed by atoms with van der Waals surface area (Å²) in [5.74, 6) is 4.73. The Labute approximate surface area is 288 Å². The minimum absolute atomic E-state index is 0.0267. The van der Waals surface area contributed by atoms with E-state index < -0.39 is 11.9 Å². The number of benzene rings is 2. The summed E-state index contributed by atoms with van der Waals surface area (Å²) in [7, 11) is 1.00. The third kappa shape index (κ3) is 9.45. The number of aliphatic hydroxyl groups excluding tert-OH is 1. The molecule has 0 fully saturated rings. The molecule has 17 nitrogen and oxygen atoms in total. The molecule has 0 spiro atoms. The highest BCUT2D eigenvalue weighted by atomic mass is 16.2. The van der Waals surface area contributed by atoms with E-state index >= 15 is 0 Å². The summed E-state index contributed by atoms with van der Waals surface area (Å²) in [6.45, 7) is 6.53. The molecule has 17 heteroatoms. The summed E-state index contributed by atoms with van der Waals surface area (Å²) >= 11 is 0. The lowest BCUT2D eigenvalue weighted by molar-refractivity contribution is -0.109. The van der Waals surface area contributed by atoms with Crippen LogP contribution in [0.2, 0.25) is 0 Å². The Hall–Kier alpha value is -6.20. The topological polar surface area (TPSA) is 280 Å². The van der Waals surface area contributed by atoms with Gasteiger partial charge in [0.15, 0.2) is 22.8 Å². The van der Waals surface area contributed by atoms with Gasteiger partial charge in [0.05, 0.1) is 30.0 Å². The molecule has 5 rings (SSSR count). The molecule has 0 saturated carbocycles. The average Bonchev–Trinajstić information content (AvgIpc) is 3.53. The van der Waals surface area contributed by atoms with Gasteiger partial charge in [-0.1, -0.05) is 25.5 Å². The van der Waals surface area contributed by atoms with E-state index in [9.17, 15) is 14.4 Å². The molecule has 50 heavy (non-hydrogen) atoms. The average molecular weight is 686 g/mol. The van der Waals surface area contributed by atoms with Crippen molar-refractivity contribution < 1.29 is 19.5 Å². The van der Waals surface area contributed by atoms with E-state index in [1.807, 2.05) is 43.7 Å². The van der Waals surface area contributed by atoms with E-state index in [1.165, 1.54) is 0 Å². The molecule has 0 aliphatic rings. The van der Waals surface area contributed by atoms with Gasteiger partial charge >= 0.3 is 0 Å². The number of hydrogen-bond donors (Lipinski definition) is 8. The fourth-order valence-corrected chi connectivity index (χ4v) is 4.96. The lowest BCUT2D eigenvalue weighted by Crippen LogP contribution is -2.37. The zero-order valence-corrected chi connectivity index (χ0v) is 28.3. The Morgan fingerprint density at radius 2 is 1.78 bits per heavy atom. The van der Waals surface area contributed by atoms with Crippen LogP contribution in [0.5, 0.6) is 0 Å². The molecular weight excluding hydrogens is 642 g/mol. The Morgan fingerprint density at radius 1 is 1.02 bits per heavy atom. The number of aromatic nitrogens is 5. The SMILES string of the molecule is CC.CO.Cc1ccc(C(=O)NCCCC(C=O)NC(=O)c2ccc3c(ccn3Cc3cnc4nc(N)nc(N)c4n3)c2)c(/C(N)=N/NN)c1. The Bertz CT molecular complexity index is 1980. The molecule has 1 unspecified atom stereocenters. The van der Waals surface area contributed by atoms with Gasteiger partial charge in [0.1, 0.15) is 6.29 Å². The van der Waals surface area contributed by atoms with Crippen molar-refractivity contribution in [2.75, 3.05) is 25.1 Å². The number of nitrogens with zero attached hydrogens (tertiary/aromatic N) is 6. The minimum atomic E-state index is -0.740. The van der Waals surface area contributed by atoms with Crippen LogP contribution in [0.4, 0.5) is 11.8 Å². The van der Waals surface area contributed by atoms with E-state index in [0.717, 1.165) is 23.6 Å². The number of nitrogen functional groups attached to an aromatic ring is 2. The quantitative estimate of drug-likeness (QED) is 0.0228. The molecule has 264 valence electrons. The van der Waals surface area contributed by atoms with Crippen molar-refractivity contribution in [2.24, 2.45) is 16.7 Å². The Kier molecular flexibility index (Phi) is 14.1. The van der Waals surface area contributed by atoms with Crippen molar-refractivity contribution in [3.8, 4) is 0 Å². The monoisotopic (exact) mass is 685 g/mol. The van der Waals surface area contributed by atoms with Crippen LogP contribution in [0.15, 0.2) is 60.0 Å². The fraction of sp³-hybridized carbons (Fsp3) is 0.273. The summed E-state index contributed by atoms with van der Waals surface area (Å²) in [5, 5.41) is 17.2. The number of nitrogens with one attached hydrogen (secondary N) is 3. The van der Waals surface area contributed by atoms with Gasteiger partial charge in [0.25, 0.3) is 11.8 Å². The van der Waals surface area contributed by atoms with Crippen molar-refractivity contribution >= 4 is 57.8 Å². The zero-order valence-electron chi connectivity index (χ0n) is 28.3. The zero-order chi connectivity index (χ0) is 36.8. The second-order valence-electron chi connectivity index (χ2n) is 10.5. The highest BCUT2D eigenvalue weighted by Crippen LogP contribution is 2.21. The number of carbonyl (C=O) groups excluding carboxylic acids is 3. The molecule has 3 heterocycles. The highest BCUT2D eigenvalue weighted by Gasteiger charge is 2.17. The van der Waals surface area contributed by atoms with E-state index in [-0.39, 0.29) is 30.1 Å². The lowest BCUT2D eigenvalue weighted by atomic mass is 10.0. The summed E-state index contributed by atoms with van der Waals surface area (Å²) in [4.78, 5) is 54.4. The molecule has 12 N–H and O–H groups in total. The van der Waals surface area contributed by atoms with Gasteiger partial charge < -0.3 is 42.3 Å². The number of anilines is 2. The third-order valence-corrected chi connectivity index (χ3v) is 7.21. The summed E-state index contributed by atoms with van der Waals surface area (Å²) < 4.78 is 1.96. The van der Waals surface area contributed by atoms with Crippen LogP contribution in [0.3, 0.4) is 0 Å². The predicted molar refractivity (Wildman–Crippen MR) is 193 cm³/mol. The first-order valence-corrected chi connectivity index (χ1v) is 15.7. The molecule has 0 radical (unpaired) electrons. The number of nitrogens with two attached hydrogens (primary N) is 4. The number of fused-ring (bicyclic) bond motifs is 2. The molecule has 2 amide bonds. The van der Waals surface area contributed by atoms with Gasteiger partial charge in [-0.2, -0.15) is 9.97 Å². The number of rotatable bonds is 12. The van der Waals surface area contributed by atoms with Crippen molar-refractivity contribution in [3.05, 3.63) is 82.8 Å². The number of aryl methyl sites for hydroxylation is 1. The molecule has 2 aromatic carbocycles. The predicted octanol–water partition coefficient (Wildman–Crippen LogP) is 1.12. The second kappa shape index (κ2) is 18.4. The van der Waals surface area contributed by atoms with Crippen LogP contribution in [0.1, 0.15) is 64.2 Å². The van der Waals surface area contributed by atoms with Gasteiger partial charge in [-0.25, -0.2) is 21.3 Å². The molecule has 0 bridgehead atoms. The molecule has 3 aromatic heterocycles. The molecule has 0 saturated heterocycles. The van der Waals surface area contributed by atoms with Crippen LogP contribution in [0.25, 0.3) is 22.1 Å². The maximum absolute atomic E-state index is 13.0.